The summed E-state index contributed by atoms with van der Waals surface area (Å²) >= 11 is 6.51. The molecule has 0 saturated heterocycles. The van der Waals surface area contributed by atoms with Gasteiger partial charge in [0.05, 0.1) is 5.56 Å². The van der Waals surface area contributed by atoms with Gasteiger partial charge in [-0.1, -0.05) is 31.9 Å². The van der Waals surface area contributed by atoms with Gasteiger partial charge in [-0.25, -0.2) is 4.39 Å². The molecule has 0 aliphatic rings. The Bertz CT molecular complexity index is 632. The Balaban J connectivity index is 2.17. The molecular weight excluding hydrogens is 377 g/mol. The fraction of sp³-hybridized carbons (Fsp3) is 0.0714. The van der Waals surface area contributed by atoms with Gasteiger partial charge in [-0.2, -0.15) is 5.26 Å². The molecule has 0 bridgehead atoms. The maximum absolute atomic E-state index is 13.2. The standard InChI is InChI=1S/C14H8Br2FNO/c15-11-1-2-14(10(5-11)7-18)19-8-9-3-12(16)6-13(17)4-9/h1-6H,8H2. The van der Waals surface area contributed by atoms with Crippen molar-refractivity contribution in [2.75, 3.05) is 0 Å². The van der Waals surface area contributed by atoms with Crippen molar-refractivity contribution in [2.45, 2.75) is 6.61 Å². The van der Waals surface area contributed by atoms with Gasteiger partial charge in [0.25, 0.3) is 0 Å². The Hall–Kier alpha value is -1.38. The molecule has 0 amide bonds. The summed E-state index contributed by atoms with van der Waals surface area (Å²) in [4.78, 5) is 0. The van der Waals surface area contributed by atoms with Gasteiger partial charge < -0.3 is 4.74 Å². The van der Waals surface area contributed by atoms with Crippen LogP contribution in [0, 0.1) is 17.1 Å². The van der Waals surface area contributed by atoms with E-state index in [1.54, 1.807) is 24.3 Å². The minimum atomic E-state index is -0.329. The highest BCUT2D eigenvalue weighted by Gasteiger charge is 2.05. The Morgan fingerprint density at radius 2 is 1.89 bits per heavy atom. The molecule has 96 valence electrons. The number of rotatable bonds is 3. The molecular formula is C14H8Br2FNO. The Morgan fingerprint density at radius 3 is 2.58 bits per heavy atom. The van der Waals surface area contributed by atoms with Crippen LogP contribution in [-0.2, 0) is 6.61 Å². The lowest BCUT2D eigenvalue weighted by Gasteiger charge is -2.08. The second kappa shape index (κ2) is 6.18. The molecule has 0 saturated carbocycles. The van der Waals surface area contributed by atoms with E-state index in [1.165, 1.54) is 12.1 Å². The third-order valence-corrected chi connectivity index (χ3v) is 3.33. The summed E-state index contributed by atoms with van der Waals surface area (Å²) in [6.07, 6.45) is 0. The summed E-state index contributed by atoms with van der Waals surface area (Å²) in [7, 11) is 0. The summed E-state index contributed by atoms with van der Waals surface area (Å²) in [5.74, 6) is 0.148. The fourth-order valence-electron chi connectivity index (χ4n) is 1.57. The van der Waals surface area contributed by atoms with Gasteiger partial charge in [0.15, 0.2) is 0 Å². The van der Waals surface area contributed by atoms with Crippen molar-refractivity contribution in [3.63, 3.8) is 0 Å². The number of nitrogens with zero attached hydrogens (tertiary/aromatic N) is 1. The van der Waals surface area contributed by atoms with E-state index in [2.05, 4.69) is 37.9 Å². The van der Waals surface area contributed by atoms with Gasteiger partial charge in [-0.15, -0.1) is 0 Å². The summed E-state index contributed by atoms with van der Waals surface area (Å²) < 4.78 is 20.2. The smallest absolute Gasteiger partial charge is 0.137 e. The second-order valence-corrected chi connectivity index (χ2v) is 5.65. The number of hydrogen-bond donors (Lipinski definition) is 0. The maximum atomic E-state index is 13.2. The van der Waals surface area contributed by atoms with Crippen LogP contribution < -0.4 is 4.74 Å². The van der Waals surface area contributed by atoms with Crippen molar-refractivity contribution in [3.8, 4) is 11.8 Å². The van der Waals surface area contributed by atoms with Gasteiger partial charge in [-0.3, -0.25) is 0 Å². The molecule has 0 aromatic heterocycles. The lowest BCUT2D eigenvalue weighted by Crippen LogP contribution is -1.98. The number of hydrogen-bond acceptors (Lipinski definition) is 2. The molecule has 0 radical (unpaired) electrons. The van der Waals surface area contributed by atoms with Crippen molar-refractivity contribution in [1.82, 2.24) is 0 Å². The first kappa shape index (κ1) is 14.0. The zero-order valence-electron chi connectivity index (χ0n) is 9.66. The zero-order valence-corrected chi connectivity index (χ0v) is 12.8. The van der Waals surface area contributed by atoms with E-state index in [-0.39, 0.29) is 12.4 Å². The predicted molar refractivity (Wildman–Crippen MR) is 77.3 cm³/mol. The third-order valence-electron chi connectivity index (χ3n) is 2.38. The Morgan fingerprint density at radius 1 is 1.11 bits per heavy atom. The summed E-state index contributed by atoms with van der Waals surface area (Å²) in [6, 6.07) is 11.8. The summed E-state index contributed by atoms with van der Waals surface area (Å²) in [6.45, 7) is 0.201. The molecule has 0 unspecified atom stereocenters. The molecule has 0 spiro atoms. The van der Waals surface area contributed by atoms with Crippen LogP contribution in [0.1, 0.15) is 11.1 Å². The van der Waals surface area contributed by atoms with Gasteiger partial charge in [0.2, 0.25) is 0 Å². The van der Waals surface area contributed by atoms with Crippen LogP contribution in [0.2, 0.25) is 0 Å². The molecule has 5 heteroatoms. The van der Waals surface area contributed by atoms with Crippen LogP contribution >= 0.6 is 31.9 Å². The summed E-state index contributed by atoms with van der Waals surface area (Å²) in [5.41, 5.74) is 1.13. The van der Waals surface area contributed by atoms with E-state index in [0.717, 1.165) is 4.47 Å². The average Bonchev–Trinajstić information content (AvgIpc) is 2.36. The largest absolute Gasteiger partial charge is 0.488 e. The van der Waals surface area contributed by atoms with Crippen LogP contribution in [-0.4, -0.2) is 0 Å². The molecule has 0 aliphatic heterocycles. The van der Waals surface area contributed by atoms with Crippen molar-refractivity contribution in [3.05, 3.63) is 62.3 Å². The number of ether oxygens (including phenoxy) is 1. The van der Waals surface area contributed by atoms with Crippen molar-refractivity contribution in [1.29, 1.82) is 5.26 Å². The highest BCUT2D eigenvalue weighted by Crippen LogP contribution is 2.24. The number of nitriles is 1. The average molecular weight is 385 g/mol. The highest BCUT2D eigenvalue weighted by molar-refractivity contribution is 9.10. The van der Waals surface area contributed by atoms with E-state index in [0.29, 0.717) is 21.3 Å². The SMILES string of the molecule is N#Cc1cc(Br)ccc1OCc1cc(F)cc(Br)c1. The minimum Gasteiger partial charge on any atom is -0.488 e. The predicted octanol–water partition coefficient (Wildman–Crippen LogP) is 4.80. The van der Waals surface area contributed by atoms with Crippen LogP contribution in [0.25, 0.3) is 0 Å². The van der Waals surface area contributed by atoms with E-state index < -0.39 is 0 Å². The van der Waals surface area contributed by atoms with Crippen LogP contribution in [0.5, 0.6) is 5.75 Å². The molecule has 0 N–H and O–H groups in total. The first-order chi connectivity index (χ1) is 9.08. The molecule has 19 heavy (non-hydrogen) atoms. The topological polar surface area (TPSA) is 33.0 Å². The normalized spacial score (nSPS) is 10.0. The monoisotopic (exact) mass is 383 g/mol. The van der Waals surface area contributed by atoms with E-state index >= 15 is 0 Å². The molecule has 2 aromatic carbocycles. The molecule has 0 fully saturated rings. The van der Waals surface area contributed by atoms with E-state index in [9.17, 15) is 4.39 Å². The molecule has 2 rings (SSSR count). The van der Waals surface area contributed by atoms with Crippen molar-refractivity contribution >= 4 is 31.9 Å². The van der Waals surface area contributed by atoms with E-state index in [4.69, 9.17) is 10.00 Å². The zero-order chi connectivity index (χ0) is 13.8. The van der Waals surface area contributed by atoms with Crippen LogP contribution in [0.15, 0.2) is 45.3 Å². The van der Waals surface area contributed by atoms with Gasteiger partial charge in [-0.05, 0) is 42.0 Å². The molecule has 0 heterocycles. The quantitative estimate of drug-likeness (QED) is 0.761. The fourth-order valence-corrected chi connectivity index (χ4v) is 2.44. The van der Waals surface area contributed by atoms with Crippen molar-refractivity contribution < 1.29 is 9.13 Å². The lowest BCUT2D eigenvalue weighted by molar-refractivity contribution is 0.304. The molecule has 0 aliphatic carbocycles. The highest BCUT2D eigenvalue weighted by atomic mass is 79.9. The third kappa shape index (κ3) is 3.79. The van der Waals surface area contributed by atoms with Crippen molar-refractivity contribution in [2.24, 2.45) is 0 Å². The first-order valence-corrected chi connectivity index (χ1v) is 6.94. The number of benzene rings is 2. The minimum absolute atomic E-state index is 0.201. The number of halogens is 3. The summed E-state index contributed by atoms with van der Waals surface area (Å²) in [5, 5.41) is 9.01. The Kier molecular flexibility index (Phi) is 4.56. The first-order valence-electron chi connectivity index (χ1n) is 5.36. The van der Waals surface area contributed by atoms with Gasteiger partial charge in [0, 0.05) is 8.95 Å². The van der Waals surface area contributed by atoms with Gasteiger partial charge in [0.1, 0.15) is 24.2 Å². The van der Waals surface area contributed by atoms with Crippen LogP contribution in [0.4, 0.5) is 4.39 Å². The van der Waals surface area contributed by atoms with E-state index in [1.807, 2.05) is 0 Å². The molecule has 2 nitrogen and oxygen atoms in total. The van der Waals surface area contributed by atoms with Crippen LogP contribution in [0.3, 0.4) is 0 Å². The second-order valence-electron chi connectivity index (χ2n) is 3.82. The Labute approximate surface area is 127 Å². The lowest BCUT2D eigenvalue weighted by atomic mass is 10.2. The van der Waals surface area contributed by atoms with Gasteiger partial charge >= 0.3 is 0 Å². The maximum Gasteiger partial charge on any atom is 0.137 e. The molecule has 2 aromatic rings. The molecule has 0 atom stereocenters.